The maximum absolute atomic E-state index is 14.3. The first-order valence-corrected chi connectivity index (χ1v) is 17.3. The third kappa shape index (κ3) is 5.98. The fourth-order valence-corrected chi connectivity index (χ4v) is 10.3. The summed E-state index contributed by atoms with van der Waals surface area (Å²) in [5, 5.41) is 20.0. The lowest BCUT2D eigenvalue weighted by molar-refractivity contribution is -0.155. The molecule has 0 saturated heterocycles. The van der Waals surface area contributed by atoms with Gasteiger partial charge >= 0.3 is 11.9 Å². The van der Waals surface area contributed by atoms with Crippen LogP contribution in [-0.2, 0) is 14.4 Å². The van der Waals surface area contributed by atoms with Crippen LogP contribution in [0.15, 0.2) is 59.3 Å². The molecule has 248 valence electrons. The van der Waals surface area contributed by atoms with Gasteiger partial charge in [0.25, 0.3) is 0 Å². The number of rotatable bonds is 12. The first kappa shape index (κ1) is 35.2. The molecule has 0 unspecified atom stereocenters. The van der Waals surface area contributed by atoms with E-state index in [9.17, 15) is 24.6 Å². The second-order valence-electron chi connectivity index (χ2n) is 16.1. The summed E-state index contributed by atoms with van der Waals surface area (Å²) in [4.78, 5) is 38.6. The molecule has 1 spiro atoms. The molecular formula is C40H58O5. The fraction of sp³-hybridized carbons (Fsp3) is 0.675. The molecule has 4 aliphatic rings. The predicted molar refractivity (Wildman–Crippen MR) is 182 cm³/mol. The van der Waals surface area contributed by atoms with Gasteiger partial charge < -0.3 is 10.2 Å². The summed E-state index contributed by atoms with van der Waals surface area (Å²) in [6.45, 7) is 23.9. The molecule has 0 aromatic heterocycles. The minimum Gasteiger partial charge on any atom is -0.481 e. The molecule has 0 aliphatic heterocycles. The molecule has 0 bridgehead atoms. The van der Waals surface area contributed by atoms with Gasteiger partial charge in [-0.2, -0.15) is 0 Å². The van der Waals surface area contributed by atoms with Crippen molar-refractivity contribution in [2.45, 2.75) is 126 Å². The monoisotopic (exact) mass is 618 g/mol. The Labute approximate surface area is 272 Å². The minimum absolute atomic E-state index is 0.0473. The normalized spacial score (nSPS) is 36.6. The first-order valence-electron chi connectivity index (χ1n) is 17.3. The number of Topliss-reactive ketones (excluding diaryl/α,β-unsaturated/α-hetero) is 1. The zero-order chi connectivity index (χ0) is 33.5. The Bertz CT molecular complexity index is 1340. The molecule has 0 aromatic carbocycles. The van der Waals surface area contributed by atoms with Crippen LogP contribution in [0.3, 0.4) is 0 Å². The van der Waals surface area contributed by atoms with Crippen LogP contribution in [0.25, 0.3) is 0 Å². The molecule has 2 N–H and O–H groups in total. The van der Waals surface area contributed by atoms with Gasteiger partial charge in [0.15, 0.2) is 0 Å². The molecule has 0 heterocycles. The van der Waals surface area contributed by atoms with E-state index in [4.69, 9.17) is 0 Å². The van der Waals surface area contributed by atoms with E-state index in [0.717, 1.165) is 50.5 Å². The van der Waals surface area contributed by atoms with Gasteiger partial charge in [-0.15, -0.1) is 0 Å². The summed E-state index contributed by atoms with van der Waals surface area (Å²) in [6.07, 6.45) is 15.2. The lowest BCUT2D eigenvalue weighted by atomic mass is 9.51. The second-order valence-corrected chi connectivity index (χ2v) is 16.1. The third-order valence-corrected chi connectivity index (χ3v) is 13.4. The Morgan fingerprint density at radius 1 is 1.07 bits per heavy atom. The molecule has 4 aliphatic carbocycles. The minimum atomic E-state index is -1.09. The summed E-state index contributed by atoms with van der Waals surface area (Å²) in [7, 11) is 0. The third-order valence-electron chi connectivity index (χ3n) is 13.4. The molecule has 5 heteroatoms. The summed E-state index contributed by atoms with van der Waals surface area (Å²) in [5.41, 5.74) is 4.56. The number of allylic oxidation sites excluding steroid dienone is 8. The Kier molecular flexibility index (Phi) is 10.0. The van der Waals surface area contributed by atoms with Gasteiger partial charge in [-0.05, 0) is 120 Å². The number of carboxylic acid groups (broad SMARTS) is 2. The number of aliphatic carboxylic acids is 2. The Morgan fingerprint density at radius 2 is 1.76 bits per heavy atom. The van der Waals surface area contributed by atoms with Gasteiger partial charge in [-0.3, -0.25) is 14.4 Å². The predicted octanol–water partition coefficient (Wildman–Crippen LogP) is 9.90. The number of hydrogen-bond donors (Lipinski definition) is 2. The van der Waals surface area contributed by atoms with Crippen molar-refractivity contribution in [2.24, 2.45) is 45.3 Å². The average Bonchev–Trinajstić information content (AvgIpc) is 3.48. The van der Waals surface area contributed by atoms with Gasteiger partial charge in [0.05, 0.1) is 5.41 Å². The molecule has 5 nitrogen and oxygen atoms in total. The van der Waals surface area contributed by atoms with E-state index in [2.05, 4.69) is 72.9 Å². The van der Waals surface area contributed by atoms with Crippen molar-refractivity contribution in [3.8, 4) is 0 Å². The topological polar surface area (TPSA) is 91.7 Å². The van der Waals surface area contributed by atoms with Crippen LogP contribution in [-0.4, -0.2) is 27.9 Å². The van der Waals surface area contributed by atoms with Crippen LogP contribution >= 0.6 is 0 Å². The molecule has 8 atom stereocenters. The number of fused-ring (bicyclic) bond motifs is 2. The van der Waals surface area contributed by atoms with Crippen LogP contribution in [0.1, 0.15) is 126 Å². The molecule has 45 heavy (non-hydrogen) atoms. The number of carbonyl (C=O) groups excluding carboxylic acids is 1. The Morgan fingerprint density at radius 3 is 2.36 bits per heavy atom. The second kappa shape index (κ2) is 12.8. The van der Waals surface area contributed by atoms with Crippen molar-refractivity contribution in [1.29, 1.82) is 0 Å². The van der Waals surface area contributed by atoms with Gasteiger partial charge in [0.2, 0.25) is 0 Å². The van der Waals surface area contributed by atoms with Crippen LogP contribution in [0, 0.1) is 45.3 Å². The number of carbonyl (C=O) groups is 3. The fourth-order valence-electron chi connectivity index (χ4n) is 10.3. The number of hydrogen-bond acceptors (Lipinski definition) is 3. The Balaban J connectivity index is 1.64. The SMILES string of the molecule is C=C(C)[C@@H]1CC=C2[C@@H](CC[C@]23C(=C)CC[C@@]3(C)[C@H](C)CC(=O)[C@@H]2CC(CCC=C(C)C)=CC[C@]2(C)C(=O)O)[C@@]1(C)CCC(=O)O. The van der Waals surface area contributed by atoms with E-state index in [1.54, 1.807) is 6.92 Å². The van der Waals surface area contributed by atoms with Crippen molar-refractivity contribution in [2.75, 3.05) is 0 Å². The van der Waals surface area contributed by atoms with E-state index < -0.39 is 23.3 Å². The van der Waals surface area contributed by atoms with Gasteiger partial charge in [0.1, 0.15) is 5.78 Å². The summed E-state index contributed by atoms with van der Waals surface area (Å²) >= 11 is 0. The molecular weight excluding hydrogens is 560 g/mol. The first-order chi connectivity index (χ1) is 20.9. The van der Waals surface area contributed by atoms with E-state index in [-0.39, 0.29) is 46.2 Å². The van der Waals surface area contributed by atoms with E-state index in [1.807, 2.05) is 0 Å². The highest BCUT2D eigenvalue weighted by Crippen LogP contribution is 2.73. The summed E-state index contributed by atoms with van der Waals surface area (Å²) < 4.78 is 0. The van der Waals surface area contributed by atoms with Crippen molar-refractivity contribution >= 4 is 17.7 Å². The van der Waals surface area contributed by atoms with Gasteiger partial charge in [-0.1, -0.05) is 80.0 Å². The van der Waals surface area contributed by atoms with E-state index in [0.29, 0.717) is 25.7 Å². The average molecular weight is 619 g/mol. The number of ketones is 1. The number of carboxylic acids is 2. The quantitative estimate of drug-likeness (QED) is 0.212. The van der Waals surface area contributed by atoms with Crippen LogP contribution in [0.5, 0.6) is 0 Å². The van der Waals surface area contributed by atoms with Crippen LogP contribution in [0.2, 0.25) is 0 Å². The van der Waals surface area contributed by atoms with Gasteiger partial charge in [0, 0.05) is 24.2 Å². The summed E-state index contributed by atoms with van der Waals surface area (Å²) in [5.74, 6) is -1.56. The molecule has 0 aromatic rings. The lowest BCUT2D eigenvalue weighted by Crippen LogP contribution is -2.47. The smallest absolute Gasteiger partial charge is 0.310 e. The lowest BCUT2D eigenvalue weighted by Gasteiger charge is -2.53. The summed E-state index contributed by atoms with van der Waals surface area (Å²) in [6, 6.07) is 0. The molecule has 2 saturated carbocycles. The molecule has 2 fully saturated rings. The Hall–Kier alpha value is -2.69. The highest BCUT2D eigenvalue weighted by atomic mass is 16.4. The van der Waals surface area contributed by atoms with E-state index >= 15 is 0 Å². The van der Waals surface area contributed by atoms with Crippen molar-refractivity contribution in [3.05, 3.63) is 59.3 Å². The highest BCUT2D eigenvalue weighted by molar-refractivity contribution is 5.89. The van der Waals surface area contributed by atoms with Crippen molar-refractivity contribution in [1.82, 2.24) is 0 Å². The molecule has 0 radical (unpaired) electrons. The zero-order valence-electron chi connectivity index (χ0n) is 29.1. The molecule has 4 rings (SSSR count). The maximum atomic E-state index is 14.3. The van der Waals surface area contributed by atoms with Crippen molar-refractivity contribution < 1.29 is 24.6 Å². The maximum Gasteiger partial charge on any atom is 0.310 e. The standard InChI is InChI=1S/C40H58O5/c1-25(2)11-10-12-29-16-19-38(8,36(44)45)33(24-29)34(41)23-28(6)39(9)21-15-27(5)40(39)22-17-31-32(40)14-13-30(26(3)4)37(31,7)20-18-35(42)43/h11,14,16,28,30-31,33H,3,5,10,12-13,15,17-24H2,1-2,4,6-9H3,(H,42,43)(H,44,45)/t28-,30+,31-,33+,37+,38+,39+,40+/m1/s1. The van der Waals surface area contributed by atoms with Crippen LogP contribution in [0.4, 0.5) is 0 Å². The van der Waals surface area contributed by atoms with E-state index in [1.165, 1.54) is 22.3 Å². The largest absolute Gasteiger partial charge is 0.481 e. The van der Waals surface area contributed by atoms with Gasteiger partial charge in [-0.25, -0.2) is 0 Å². The molecule has 0 amide bonds. The van der Waals surface area contributed by atoms with Crippen molar-refractivity contribution in [3.63, 3.8) is 0 Å². The zero-order valence-corrected chi connectivity index (χ0v) is 29.1. The van der Waals surface area contributed by atoms with Crippen LogP contribution < -0.4 is 0 Å². The highest BCUT2D eigenvalue weighted by Gasteiger charge is 2.65.